The first-order valence-corrected chi connectivity index (χ1v) is 12.1. The zero-order valence-corrected chi connectivity index (χ0v) is 21.4. The number of halogens is 2. The molecular formula is C21H21Br2N5O3S. The number of nitrogens with one attached hydrogen (secondary N) is 2. The van der Waals surface area contributed by atoms with Crippen LogP contribution in [0.1, 0.15) is 11.4 Å². The summed E-state index contributed by atoms with van der Waals surface area (Å²) in [6, 6.07) is 12.9. The number of carbonyl (C=O) groups is 2. The Morgan fingerprint density at radius 3 is 2.56 bits per heavy atom. The molecule has 168 valence electrons. The van der Waals surface area contributed by atoms with Crippen molar-refractivity contribution in [3.05, 3.63) is 62.8 Å². The fraction of sp³-hybridized carbons (Fsp3) is 0.238. The van der Waals surface area contributed by atoms with Crippen LogP contribution in [0, 0.1) is 0 Å². The highest BCUT2D eigenvalue weighted by atomic mass is 79.9. The topological polar surface area (TPSA) is 98.1 Å². The molecule has 2 N–H and O–H groups in total. The van der Waals surface area contributed by atoms with Gasteiger partial charge in [-0.15, -0.1) is 10.2 Å². The van der Waals surface area contributed by atoms with Crippen LogP contribution in [-0.2, 0) is 29.6 Å². The van der Waals surface area contributed by atoms with E-state index in [1.807, 2.05) is 42.5 Å². The smallest absolute Gasteiger partial charge is 0.234 e. The van der Waals surface area contributed by atoms with Gasteiger partial charge in [-0.1, -0.05) is 39.8 Å². The third-order valence-corrected chi connectivity index (χ3v) is 6.63. The summed E-state index contributed by atoms with van der Waals surface area (Å²) < 4.78 is 8.55. The van der Waals surface area contributed by atoms with E-state index in [1.54, 1.807) is 18.7 Å². The number of ether oxygens (including phenoxy) is 1. The number of thioether (sulfide) groups is 1. The van der Waals surface area contributed by atoms with Gasteiger partial charge in [-0.3, -0.25) is 9.59 Å². The van der Waals surface area contributed by atoms with Gasteiger partial charge in [0.15, 0.2) is 11.0 Å². The first kappa shape index (κ1) is 24.3. The molecule has 2 amide bonds. The maximum Gasteiger partial charge on any atom is 0.234 e. The summed E-state index contributed by atoms with van der Waals surface area (Å²) in [5.41, 5.74) is 1.57. The summed E-state index contributed by atoms with van der Waals surface area (Å²) in [6.07, 6.45) is 0.259. The Hall–Kier alpha value is -2.37. The average Bonchev–Trinajstić information content (AvgIpc) is 3.13. The lowest BCUT2D eigenvalue weighted by Crippen LogP contribution is -2.26. The minimum atomic E-state index is -0.161. The molecule has 0 unspecified atom stereocenters. The Bertz CT molecular complexity index is 1110. The Labute approximate surface area is 206 Å². The zero-order valence-electron chi connectivity index (χ0n) is 17.4. The summed E-state index contributed by atoms with van der Waals surface area (Å²) in [7, 11) is 3.40. The van der Waals surface area contributed by atoms with Gasteiger partial charge in [0.05, 0.1) is 31.5 Å². The van der Waals surface area contributed by atoms with E-state index < -0.39 is 0 Å². The van der Waals surface area contributed by atoms with Crippen LogP contribution in [0.2, 0.25) is 0 Å². The summed E-state index contributed by atoms with van der Waals surface area (Å²) in [5, 5.41) is 14.5. The molecule has 0 spiro atoms. The maximum absolute atomic E-state index is 12.3. The first-order valence-electron chi connectivity index (χ1n) is 9.51. The number of rotatable bonds is 9. The molecule has 2 aromatic carbocycles. The monoisotopic (exact) mass is 581 g/mol. The molecule has 0 aliphatic rings. The van der Waals surface area contributed by atoms with Gasteiger partial charge in [0.25, 0.3) is 0 Å². The van der Waals surface area contributed by atoms with E-state index in [0.717, 1.165) is 20.3 Å². The Balaban J connectivity index is 1.48. The third-order valence-electron chi connectivity index (χ3n) is 4.43. The molecule has 0 saturated carbocycles. The Kier molecular flexibility index (Phi) is 8.71. The number of amides is 2. The molecule has 8 nitrogen and oxygen atoms in total. The Morgan fingerprint density at radius 1 is 1.09 bits per heavy atom. The van der Waals surface area contributed by atoms with E-state index in [-0.39, 0.29) is 30.5 Å². The van der Waals surface area contributed by atoms with Crippen molar-refractivity contribution < 1.29 is 14.3 Å². The van der Waals surface area contributed by atoms with Crippen molar-refractivity contribution in [2.24, 2.45) is 7.05 Å². The molecule has 3 aromatic rings. The molecule has 0 fully saturated rings. The van der Waals surface area contributed by atoms with E-state index in [1.165, 1.54) is 11.8 Å². The fourth-order valence-corrected chi connectivity index (χ4v) is 4.14. The average molecular weight is 583 g/mol. The molecule has 3 rings (SSSR count). The predicted molar refractivity (Wildman–Crippen MR) is 131 cm³/mol. The van der Waals surface area contributed by atoms with Crippen molar-refractivity contribution in [3.8, 4) is 5.75 Å². The molecular weight excluding hydrogens is 562 g/mol. The number of nitrogens with zero attached hydrogens (tertiary/aromatic N) is 3. The van der Waals surface area contributed by atoms with Crippen LogP contribution in [-0.4, -0.2) is 39.4 Å². The summed E-state index contributed by atoms with van der Waals surface area (Å²) in [6.45, 7) is 0.246. The van der Waals surface area contributed by atoms with Gasteiger partial charge >= 0.3 is 0 Å². The minimum absolute atomic E-state index is 0.119. The molecule has 0 atom stereocenters. The molecule has 1 aromatic heterocycles. The van der Waals surface area contributed by atoms with Gasteiger partial charge in [-0.2, -0.15) is 0 Å². The number of hydrogen-bond acceptors (Lipinski definition) is 6. The van der Waals surface area contributed by atoms with Crippen molar-refractivity contribution in [3.63, 3.8) is 0 Å². The quantitative estimate of drug-likeness (QED) is 0.371. The third kappa shape index (κ3) is 6.81. The molecule has 11 heteroatoms. The van der Waals surface area contributed by atoms with E-state index in [0.29, 0.717) is 16.7 Å². The lowest BCUT2D eigenvalue weighted by atomic mass is 10.1. The van der Waals surface area contributed by atoms with Crippen LogP contribution in [0.4, 0.5) is 5.69 Å². The first-order chi connectivity index (χ1) is 15.4. The van der Waals surface area contributed by atoms with Gasteiger partial charge in [-0.05, 0) is 51.8 Å². The standard InChI is InChI=1S/C21H21Br2N5O3S/c1-28-18(11-24-19(29)9-13-3-6-15(31-2)7-4-13)26-27-21(28)32-12-20(30)25-17-10-14(22)5-8-16(17)23/h3-8,10H,9,11-12H2,1-2H3,(H,24,29)(H,25,30). The number of benzene rings is 2. The van der Waals surface area contributed by atoms with Gasteiger partial charge in [0.1, 0.15) is 5.75 Å². The van der Waals surface area contributed by atoms with Crippen molar-refractivity contribution in [2.75, 3.05) is 18.2 Å². The Morgan fingerprint density at radius 2 is 1.84 bits per heavy atom. The molecule has 1 heterocycles. The second-order valence-electron chi connectivity index (χ2n) is 6.72. The predicted octanol–water partition coefficient (Wildman–Crippen LogP) is 3.94. The second-order valence-corrected chi connectivity index (χ2v) is 9.43. The summed E-state index contributed by atoms with van der Waals surface area (Å²) in [5.74, 6) is 1.24. The van der Waals surface area contributed by atoms with E-state index >= 15 is 0 Å². The van der Waals surface area contributed by atoms with Crippen LogP contribution < -0.4 is 15.4 Å². The summed E-state index contributed by atoms with van der Waals surface area (Å²) >= 11 is 8.08. The summed E-state index contributed by atoms with van der Waals surface area (Å²) in [4.78, 5) is 24.5. The molecule has 0 bridgehead atoms. The van der Waals surface area contributed by atoms with Gasteiger partial charge < -0.3 is 19.9 Å². The molecule has 32 heavy (non-hydrogen) atoms. The number of methoxy groups -OCH3 is 1. The maximum atomic E-state index is 12.3. The molecule has 0 aliphatic heterocycles. The molecule has 0 saturated heterocycles. The van der Waals surface area contributed by atoms with Crippen LogP contribution in [0.15, 0.2) is 56.6 Å². The highest BCUT2D eigenvalue weighted by Crippen LogP contribution is 2.26. The van der Waals surface area contributed by atoms with Gasteiger partial charge in [-0.25, -0.2) is 0 Å². The normalized spacial score (nSPS) is 10.6. The van der Waals surface area contributed by atoms with Crippen LogP contribution in [0.3, 0.4) is 0 Å². The van der Waals surface area contributed by atoms with Crippen molar-refractivity contribution in [1.82, 2.24) is 20.1 Å². The highest BCUT2D eigenvalue weighted by molar-refractivity contribution is 9.11. The van der Waals surface area contributed by atoms with Crippen molar-refractivity contribution >= 4 is 61.1 Å². The van der Waals surface area contributed by atoms with Crippen LogP contribution >= 0.6 is 43.6 Å². The minimum Gasteiger partial charge on any atom is -0.497 e. The number of anilines is 1. The second kappa shape index (κ2) is 11.5. The number of hydrogen-bond donors (Lipinski definition) is 2. The lowest BCUT2D eigenvalue weighted by Gasteiger charge is -2.08. The SMILES string of the molecule is COc1ccc(CC(=O)NCc2nnc(SCC(=O)Nc3cc(Br)ccc3Br)n2C)cc1. The van der Waals surface area contributed by atoms with Crippen molar-refractivity contribution in [1.29, 1.82) is 0 Å². The van der Waals surface area contributed by atoms with Gasteiger partial charge in [0.2, 0.25) is 11.8 Å². The van der Waals surface area contributed by atoms with E-state index in [4.69, 9.17) is 4.74 Å². The van der Waals surface area contributed by atoms with Crippen molar-refractivity contribution in [2.45, 2.75) is 18.1 Å². The zero-order chi connectivity index (χ0) is 23.1. The molecule has 0 aliphatic carbocycles. The largest absolute Gasteiger partial charge is 0.497 e. The number of carbonyl (C=O) groups excluding carboxylic acids is 2. The lowest BCUT2D eigenvalue weighted by molar-refractivity contribution is -0.120. The number of aromatic nitrogens is 3. The van der Waals surface area contributed by atoms with E-state index in [9.17, 15) is 9.59 Å². The highest BCUT2D eigenvalue weighted by Gasteiger charge is 2.13. The van der Waals surface area contributed by atoms with Crippen LogP contribution in [0.5, 0.6) is 5.75 Å². The van der Waals surface area contributed by atoms with Gasteiger partial charge in [0, 0.05) is 16.0 Å². The van der Waals surface area contributed by atoms with Crippen LogP contribution in [0.25, 0.3) is 0 Å². The fourth-order valence-electron chi connectivity index (χ4n) is 2.70. The van der Waals surface area contributed by atoms with E-state index in [2.05, 4.69) is 52.7 Å². The molecule has 0 radical (unpaired) electrons.